The number of carboxylic acid groups (broad SMARTS) is 1. The lowest BCUT2D eigenvalue weighted by molar-refractivity contribution is -0.139. The Balaban J connectivity index is 2.21. The fourth-order valence-corrected chi connectivity index (χ4v) is 3.03. The minimum absolute atomic E-state index is 0.0674. The van der Waals surface area contributed by atoms with E-state index in [9.17, 15) is 14.7 Å². The normalized spacial score (nSPS) is 17.2. The summed E-state index contributed by atoms with van der Waals surface area (Å²) >= 11 is 5.84. The molecule has 1 aliphatic carbocycles. The molecule has 0 bridgehead atoms. The molecule has 0 aliphatic heterocycles. The van der Waals surface area contributed by atoms with Crippen LogP contribution in [0.4, 0.5) is 0 Å². The molecule has 6 heteroatoms. The zero-order chi connectivity index (χ0) is 15.5. The minimum Gasteiger partial charge on any atom is -0.507 e. The number of hydrogen-bond acceptors (Lipinski definition) is 3. The van der Waals surface area contributed by atoms with Crippen LogP contribution in [0, 0.1) is 0 Å². The van der Waals surface area contributed by atoms with E-state index in [-0.39, 0.29) is 17.7 Å². The monoisotopic (exact) mass is 311 g/mol. The number of halogens is 1. The number of nitrogens with one attached hydrogen (secondary N) is 1. The average molecular weight is 312 g/mol. The van der Waals surface area contributed by atoms with Gasteiger partial charge in [0, 0.05) is 5.02 Å². The fourth-order valence-electron chi connectivity index (χ4n) is 2.86. The number of carbonyl (C=O) groups excluding carboxylic acids is 1. The molecule has 1 aliphatic rings. The largest absolute Gasteiger partial charge is 0.507 e. The van der Waals surface area contributed by atoms with Gasteiger partial charge in [0.25, 0.3) is 5.91 Å². The van der Waals surface area contributed by atoms with Gasteiger partial charge in [0.15, 0.2) is 0 Å². The molecule has 2 rings (SSSR count). The highest BCUT2D eigenvalue weighted by molar-refractivity contribution is 6.31. The van der Waals surface area contributed by atoms with E-state index >= 15 is 0 Å². The zero-order valence-corrected chi connectivity index (χ0v) is 12.3. The molecular formula is C15H18ClNO4. The highest BCUT2D eigenvalue weighted by Crippen LogP contribution is 2.32. The summed E-state index contributed by atoms with van der Waals surface area (Å²) < 4.78 is 0. The molecule has 3 N–H and O–H groups in total. The SMILES string of the molecule is O=C(O)CC1(NC(=O)c2cc(Cl)ccc2O)CCCCC1. The predicted octanol–water partition coefficient (Wildman–Crippen LogP) is 2.95. The number of amides is 1. The number of benzene rings is 1. The average Bonchev–Trinajstić information content (AvgIpc) is 2.41. The van der Waals surface area contributed by atoms with Gasteiger partial charge in [-0.05, 0) is 31.0 Å². The first-order chi connectivity index (χ1) is 9.92. The van der Waals surface area contributed by atoms with E-state index in [0.29, 0.717) is 17.9 Å². The molecule has 1 aromatic carbocycles. The lowest BCUT2D eigenvalue weighted by Crippen LogP contribution is -2.51. The number of phenolic OH excluding ortho intramolecular Hbond substituents is 1. The smallest absolute Gasteiger partial charge is 0.305 e. The molecular weight excluding hydrogens is 294 g/mol. The van der Waals surface area contributed by atoms with Crippen LogP contribution in [0.1, 0.15) is 48.9 Å². The second-order valence-electron chi connectivity index (χ2n) is 5.53. The summed E-state index contributed by atoms with van der Waals surface area (Å²) in [7, 11) is 0. The zero-order valence-electron chi connectivity index (χ0n) is 11.6. The van der Waals surface area contributed by atoms with Crippen molar-refractivity contribution >= 4 is 23.5 Å². The second-order valence-corrected chi connectivity index (χ2v) is 5.96. The van der Waals surface area contributed by atoms with Crippen LogP contribution in [0.5, 0.6) is 5.75 Å². The fraction of sp³-hybridized carbons (Fsp3) is 0.467. The molecule has 21 heavy (non-hydrogen) atoms. The Morgan fingerprint density at radius 3 is 2.52 bits per heavy atom. The Bertz CT molecular complexity index is 553. The van der Waals surface area contributed by atoms with E-state index in [1.807, 2.05) is 0 Å². The van der Waals surface area contributed by atoms with E-state index in [1.165, 1.54) is 18.2 Å². The van der Waals surface area contributed by atoms with E-state index in [0.717, 1.165) is 19.3 Å². The van der Waals surface area contributed by atoms with Crippen LogP contribution in [0.3, 0.4) is 0 Å². The first-order valence-corrected chi connectivity index (χ1v) is 7.32. The summed E-state index contributed by atoms with van der Waals surface area (Å²) in [5, 5.41) is 22.0. The quantitative estimate of drug-likeness (QED) is 0.798. The highest BCUT2D eigenvalue weighted by atomic mass is 35.5. The Morgan fingerprint density at radius 2 is 1.90 bits per heavy atom. The standard InChI is InChI=1S/C15H18ClNO4/c16-10-4-5-12(18)11(8-10)14(21)17-15(9-13(19)20)6-2-1-3-7-15/h4-5,8,18H,1-3,6-7,9H2,(H,17,21)(H,19,20). The lowest BCUT2D eigenvalue weighted by atomic mass is 9.79. The van der Waals surface area contributed by atoms with Crippen molar-refractivity contribution in [3.63, 3.8) is 0 Å². The van der Waals surface area contributed by atoms with Crippen molar-refractivity contribution in [3.8, 4) is 5.75 Å². The van der Waals surface area contributed by atoms with Gasteiger partial charge in [-0.25, -0.2) is 0 Å². The molecule has 1 aromatic rings. The summed E-state index contributed by atoms with van der Waals surface area (Å²) in [6.45, 7) is 0. The minimum atomic E-state index is -0.937. The molecule has 1 amide bonds. The Morgan fingerprint density at radius 1 is 1.24 bits per heavy atom. The number of aromatic hydroxyl groups is 1. The van der Waals surface area contributed by atoms with Gasteiger partial charge in [-0.3, -0.25) is 9.59 Å². The van der Waals surface area contributed by atoms with E-state index in [2.05, 4.69) is 5.32 Å². The number of rotatable bonds is 4. The molecule has 114 valence electrons. The molecule has 1 saturated carbocycles. The van der Waals surface area contributed by atoms with Gasteiger partial charge >= 0.3 is 5.97 Å². The maximum atomic E-state index is 12.3. The molecule has 0 unspecified atom stereocenters. The topological polar surface area (TPSA) is 86.6 Å². The first kappa shape index (κ1) is 15.6. The van der Waals surface area contributed by atoms with Crippen LogP contribution >= 0.6 is 11.6 Å². The van der Waals surface area contributed by atoms with Gasteiger partial charge in [-0.2, -0.15) is 0 Å². The maximum Gasteiger partial charge on any atom is 0.305 e. The van der Waals surface area contributed by atoms with Crippen LogP contribution in [0.25, 0.3) is 0 Å². The third kappa shape index (κ3) is 3.88. The summed E-state index contributed by atoms with van der Waals surface area (Å²) in [6, 6.07) is 4.22. The molecule has 0 aromatic heterocycles. The molecule has 0 spiro atoms. The predicted molar refractivity (Wildman–Crippen MR) is 78.7 cm³/mol. The van der Waals surface area contributed by atoms with Crippen LogP contribution in [-0.4, -0.2) is 27.6 Å². The van der Waals surface area contributed by atoms with Gasteiger partial charge in [0.1, 0.15) is 5.75 Å². The van der Waals surface area contributed by atoms with Crippen molar-refractivity contribution in [2.45, 2.75) is 44.1 Å². The van der Waals surface area contributed by atoms with Gasteiger partial charge in [-0.1, -0.05) is 30.9 Å². The van der Waals surface area contributed by atoms with Gasteiger partial charge < -0.3 is 15.5 Å². The molecule has 1 fully saturated rings. The van der Waals surface area contributed by atoms with Crippen molar-refractivity contribution in [1.29, 1.82) is 0 Å². The number of carbonyl (C=O) groups is 2. The molecule has 0 atom stereocenters. The van der Waals surface area contributed by atoms with Crippen LogP contribution in [0.2, 0.25) is 5.02 Å². The van der Waals surface area contributed by atoms with Gasteiger partial charge in [0.2, 0.25) is 0 Å². The summed E-state index contributed by atoms with van der Waals surface area (Å²) in [5.74, 6) is -1.59. The maximum absolute atomic E-state index is 12.3. The summed E-state index contributed by atoms with van der Waals surface area (Å²) in [5.41, 5.74) is -0.673. The third-order valence-electron chi connectivity index (χ3n) is 3.88. The van der Waals surface area contributed by atoms with Gasteiger partial charge in [0.05, 0.1) is 17.5 Å². The molecule has 0 heterocycles. The third-order valence-corrected chi connectivity index (χ3v) is 4.12. The van der Waals surface area contributed by atoms with Crippen molar-refractivity contribution in [2.75, 3.05) is 0 Å². The number of phenols is 1. The van der Waals surface area contributed by atoms with Gasteiger partial charge in [-0.15, -0.1) is 0 Å². The first-order valence-electron chi connectivity index (χ1n) is 6.95. The van der Waals surface area contributed by atoms with Crippen LogP contribution in [0.15, 0.2) is 18.2 Å². The Labute approximate surface area is 127 Å². The molecule has 0 saturated heterocycles. The number of aliphatic carboxylic acids is 1. The highest BCUT2D eigenvalue weighted by Gasteiger charge is 2.36. The molecule has 5 nitrogen and oxygen atoms in total. The van der Waals surface area contributed by atoms with Crippen molar-refractivity contribution in [1.82, 2.24) is 5.32 Å². The second kappa shape index (κ2) is 6.35. The molecule has 0 radical (unpaired) electrons. The Hall–Kier alpha value is -1.75. The summed E-state index contributed by atoms with van der Waals surface area (Å²) in [4.78, 5) is 23.4. The van der Waals surface area contributed by atoms with Crippen LogP contribution in [-0.2, 0) is 4.79 Å². The van der Waals surface area contributed by atoms with E-state index < -0.39 is 17.4 Å². The van der Waals surface area contributed by atoms with Crippen LogP contribution < -0.4 is 5.32 Å². The van der Waals surface area contributed by atoms with Crippen molar-refractivity contribution < 1.29 is 19.8 Å². The summed E-state index contributed by atoms with van der Waals surface area (Å²) in [6.07, 6.45) is 3.96. The van der Waals surface area contributed by atoms with E-state index in [1.54, 1.807) is 0 Å². The van der Waals surface area contributed by atoms with E-state index in [4.69, 9.17) is 16.7 Å². The van der Waals surface area contributed by atoms with Crippen molar-refractivity contribution in [3.05, 3.63) is 28.8 Å². The number of hydrogen-bond donors (Lipinski definition) is 3. The Kier molecular flexibility index (Phi) is 4.73. The lowest BCUT2D eigenvalue weighted by Gasteiger charge is -2.37. The van der Waals surface area contributed by atoms with Crippen molar-refractivity contribution in [2.24, 2.45) is 0 Å². The number of carboxylic acids is 1.